The van der Waals surface area contributed by atoms with Crippen molar-refractivity contribution in [2.24, 2.45) is 0 Å². The zero-order valence-electron chi connectivity index (χ0n) is 18.0. The molecule has 2 aromatic rings. The highest BCUT2D eigenvalue weighted by atomic mass is 16.5. The average Bonchev–Trinajstić information content (AvgIpc) is 2.78. The number of ether oxygens (including phenoxy) is 2. The largest absolute Gasteiger partial charge is 0.493 e. The molecule has 30 heavy (non-hydrogen) atoms. The highest BCUT2D eigenvalue weighted by Crippen LogP contribution is 2.29. The third-order valence-corrected chi connectivity index (χ3v) is 4.78. The molecule has 6 nitrogen and oxygen atoms in total. The highest BCUT2D eigenvalue weighted by molar-refractivity contribution is 5.97. The Bertz CT molecular complexity index is 914. The summed E-state index contributed by atoms with van der Waals surface area (Å²) in [4.78, 5) is 12.5. The van der Waals surface area contributed by atoms with Crippen molar-refractivity contribution >= 4 is 11.6 Å². The molecule has 0 fully saturated rings. The molecular formula is C24H29N3O3. The van der Waals surface area contributed by atoms with Crippen LogP contribution in [0, 0.1) is 11.3 Å². The van der Waals surface area contributed by atoms with Gasteiger partial charge in [0.25, 0.3) is 5.91 Å². The Labute approximate surface area is 178 Å². The predicted molar refractivity (Wildman–Crippen MR) is 118 cm³/mol. The molecule has 158 valence electrons. The van der Waals surface area contributed by atoms with Crippen LogP contribution in [-0.4, -0.2) is 20.1 Å². The summed E-state index contributed by atoms with van der Waals surface area (Å²) in [5.74, 6) is 0.741. The van der Waals surface area contributed by atoms with E-state index in [9.17, 15) is 10.1 Å². The van der Waals surface area contributed by atoms with Gasteiger partial charge in [-0.25, -0.2) is 0 Å². The van der Waals surface area contributed by atoms with E-state index in [2.05, 4.69) is 29.7 Å². The first-order chi connectivity index (χ1) is 14.5. The highest BCUT2D eigenvalue weighted by Gasteiger charge is 2.15. The molecule has 0 aromatic heterocycles. The van der Waals surface area contributed by atoms with Gasteiger partial charge in [0, 0.05) is 11.9 Å². The molecule has 0 spiro atoms. The van der Waals surface area contributed by atoms with Gasteiger partial charge in [0.05, 0.1) is 20.3 Å². The number of methoxy groups -OCH3 is 2. The number of hydrogen-bond acceptors (Lipinski definition) is 5. The quantitative estimate of drug-likeness (QED) is 0.439. The van der Waals surface area contributed by atoms with Crippen molar-refractivity contribution in [1.82, 2.24) is 5.32 Å². The van der Waals surface area contributed by atoms with E-state index in [1.807, 2.05) is 31.2 Å². The van der Waals surface area contributed by atoms with E-state index in [1.165, 1.54) is 11.8 Å². The topological polar surface area (TPSA) is 83.4 Å². The van der Waals surface area contributed by atoms with E-state index < -0.39 is 5.91 Å². The normalized spacial score (nSPS) is 11.9. The summed E-state index contributed by atoms with van der Waals surface area (Å²) >= 11 is 0. The summed E-state index contributed by atoms with van der Waals surface area (Å²) in [5, 5.41) is 15.3. The van der Waals surface area contributed by atoms with Crippen molar-refractivity contribution in [1.29, 1.82) is 5.26 Å². The molecule has 2 aromatic carbocycles. The van der Waals surface area contributed by atoms with E-state index in [4.69, 9.17) is 9.47 Å². The molecule has 0 heterocycles. The number of nitrogens with one attached hydrogen (secondary N) is 2. The maximum absolute atomic E-state index is 12.5. The molecule has 1 atom stereocenters. The van der Waals surface area contributed by atoms with Crippen molar-refractivity contribution in [3.63, 3.8) is 0 Å². The zero-order valence-corrected chi connectivity index (χ0v) is 18.0. The van der Waals surface area contributed by atoms with Crippen molar-refractivity contribution in [3.8, 4) is 17.6 Å². The lowest BCUT2D eigenvalue weighted by molar-refractivity contribution is -0.117. The van der Waals surface area contributed by atoms with Gasteiger partial charge in [0.15, 0.2) is 11.5 Å². The second-order valence-corrected chi connectivity index (χ2v) is 6.92. The van der Waals surface area contributed by atoms with Crippen LogP contribution in [0.2, 0.25) is 0 Å². The third-order valence-electron chi connectivity index (χ3n) is 4.78. The number of amides is 1. The van der Waals surface area contributed by atoms with Crippen LogP contribution >= 0.6 is 0 Å². The van der Waals surface area contributed by atoms with Crippen LogP contribution < -0.4 is 20.1 Å². The minimum absolute atomic E-state index is 0.00242. The molecular weight excluding hydrogens is 378 g/mol. The fourth-order valence-corrected chi connectivity index (χ4v) is 2.93. The van der Waals surface area contributed by atoms with Gasteiger partial charge in [-0.3, -0.25) is 4.79 Å². The summed E-state index contributed by atoms with van der Waals surface area (Å²) in [6, 6.07) is 15.1. The first kappa shape index (κ1) is 22.8. The van der Waals surface area contributed by atoms with Crippen LogP contribution in [0.3, 0.4) is 0 Å². The number of nitriles is 1. The van der Waals surface area contributed by atoms with E-state index in [0.29, 0.717) is 11.5 Å². The first-order valence-corrected chi connectivity index (χ1v) is 10.0. The van der Waals surface area contributed by atoms with E-state index in [0.717, 1.165) is 30.5 Å². The standard InChI is InChI=1S/C24H29N3O3/c1-5-6-7-18-8-11-21(12-9-18)26-16-20(15-25)24(28)27-17(2)19-10-13-22(29-3)23(14-19)30-4/h8-14,16-17,26H,5-7H2,1-4H3,(H,27,28)/b20-16-. The Morgan fingerprint density at radius 1 is 1.13 bits per heavy atom. The summed E-state index contributed by atoms with van der Waals surface area (Å²) in [6.07, 6.45) is 4.79. The molecule has 6 heteroatoms. The van der Waals surface area contributed by atoms with Gasteiger partial charge in [-0.1, -0.05) is 31.5 Å². The van der Waals surface area contributed by atoms with E-state index >= 15 is 0 Å². The number of hydrogen-bond donors (Lipinski definition) is 2. The van der Waals surface area contributed by atoms with Crippen LogP contribution in [-0.2, 0) is 11.2 Å². The van der Waals surface area contributed by atoms with Crippen LogP contribution in [0.4, 0.5) is 5.69 Å². The molecule has 0 aliphatic rings. The molecule has 0 aliphatic carbocycles. The molecule has 0 saturated carbocycles. The Kier molecular flexibility index (Phi) is 8.76. The number of anilines is 1. The Morgan fingerprint density at radius 2 is 1.83 bits per heavy atom. The number of nitrogens with zero attached hydrogens (tertiary/aromatic N) is 1. The number of benzene rings is 2. The minimum atomic E-state index is -0.452. The number of aryl methyl sites for hydroxylation is 1. The fraction of sp³-hybridized carbons (Fsp3) is 0.333. The van der Waals surface area contributed by atoms with Gasteiger partial charge in [-0.2, -0.15) is 5.26 Å². The van der Waals surface area contributed by atoms with Gasteiger partial charge in [-0.05, 0) is 55.2 Å². The summed E-state index contributed by atoms with van der Waals surface area (Å²) in [6.45, 7) is 4.01. The molecule has 1 amide bonds. The molecule has 0 radical (unpaired) electrons. The summed E-state index contributed by atoms with van der Waals surface area (Å²) in [7, 11) is 3.13. The van der Waals surface area contributed by atoms with Gasteiger partial charge in [0.1, 0.15) is 11.6 Å². The number of carbonyl (C=O) groups excluding carboxylic acids is 1. The lowest BCUT2D eigenvalue weighted by Crippen LogP contribution is -2.28. The second kappa shape index (κ2) is 11.5. The lowest BCUT2D eigenvalue weighted by atomic mass is 10.1. The maximum atomic E-state index is 12.5. The molecule has 2 rings (SSSR count). The van der Waals surface area contributed by atoms with E-state index in [-0.39, 0.29) is 11.6 Å². The minimum Gasteiger partial charge on any atom is -0.493 e. The summed E-state index contributed by atoms with van der Waals surface area (Å²) in [5.41, 5.74) is 2.93. The smallest absolute Gasteiger partial charge is 0.263 e. The molecule has 1 unspecified atom stereocenters. The average molecular weight is 408 g/mol. The third kappa shape index (κ3) is 6.28. The molecule has 0 saturated heterocycles. The first-order valence-electron chi connectivity index (χ1n) is 10.0. The van der Waals surface area contributed by atoms with Gasteiger partial charge >= 0.3 is 0 Å². The predicted octanol–water partition coefficient (Wildman–Crippen LogP) is 4.74. The van der Waals surface area contributed by atoms with E-state index in [1.54, 1.807) is 26.4 Å². The fourth-order valence-electron chi connectivity index (χ4n) is 2.93. The van der Waals surface area contributed by atoms with Gasteiger partial charge in [-0.15, -0.1) is 0 Å². The second-order valence-electron chi connectivity index (χ2n) is 6.92. The number of unbranched alkanes of at least 4 members (excludes halogenated alkanes) is 1. The monoisotopic (exact) mass is 407 g/mol. The molecule has 2 N–H and O–H groups in total. The Balaban J connectivity index is 2.02. The van der Waals surface area contributed by atoms with Crippen LogP contribution in [0.15, 0.2) is 54.2 Å². The zero-order chi connectivity index (χ0) is 21.9. The van der Waals surface area contributed by atoms with Crippen LogP contribution in [0.1, 0.15) is 43.9 Å². The van der Waals surface area contributed by atoms with Crippen molar-refractivity contribution in [3.05, 3.63) is 65.4 Å². The van der Waals surface area contributed by atoms with Crippen LogP contribution in [0.25, 0.3) is 0 Å². The Hall–Kier alpha value is -3.46. The SMILES string of the molecule is CCCCc1ccc(N/C=C(/C#N)C(=O)NC(C)c2ccc(OC)c(OC)c2)cc1. The number of carbonyl (C=O) groups is 1. The summed E-state index contributed by atoms with van der Waals surface area (Å²) < 4.78 is 10.5. The Morgan fingerprint density at radius 3 is 2.43 bits per heavy atom. The van der Waals surface area contributed by atoms with Crippen molar-refractivity contribution in [2.75, 3.05) is 19.5 Å². The van der Waals surface area contributed by atoms with Crippen LogP contribution in [0.5, 0.6) is 11.5 Å². The van der Waals surface area contributed by atoms with Gasteiger partial charge in [0.2, 0.25) is 0 Å². The molecule has 0 aliphatic heterocycles. The molecule has 0 bridgehead atoms. The lowest BCUT2D eigenvalue weighted by Gasteiger charge is -2.16. The van der Waals surface area contributed by atoms with Gasteiger partial charge < -0.3 is 20.1 Å². The van der Waals surface area contributed by atoms with Crippen molar-refractivity contribution < 1.29 is 14.3 Å². The number of rotatable bonds is 10. The maximum Gasteiger partial charge on any atom is 0.263 e. The van der Waals surface area contributed by atoms with Crippen molar-refractivity contribution in [2.45, 2.75) is 39.2 Å².